The van der Waals surface area contributed by atoms with Crippen LogP contribution >= 0.6 is 12.2 Å². The lowest BCUT2D eigenvalue weighted by molar-refractivity contribution is -0.115. The Kier molecular flexibility index (Phi) is 7.68. The van der Waals surface area contributed by atoms with E-state index in [-0.39, 0.29) is 16.8 Å². The van der Waals surface area contributed by atoms with Crippen LogP contribution in [0.15, 0.2) is 54.6 Å². The van der Waals surface area contributed by atoms with Gasteiger partial charge in [0.25, 0.3) is 5.91 Å². The number of rotatable bonds is 4. The van der Waals surface area contributed by atoms with Gasteiger partial charge in [0.2, 0.25) is 5.91 Å². The Morgan fingerprint density at radius 1 is 0.967 bits per heavy atom. The van der Waals surface area contributed by atoms with Crippen molar-refractivity contribution < 1.29 is 14.0 Å². The highest BCUT2D eigenvalue weighted by Crippen LogP contribution is 2.20. The van der Waals surface area contributed by atoms with Crippen LogP contribution in [0.4, 0.5) is 10.1 Å². The second-order valence-corrected chi connectivity index (χ2v) is 7.49. The fourth-order valence-corrected chi connectivity index (χ4v) is 3.49. The van der Waals surface area contributed by atoms with Gasteiger partial charge in [-0.15, -0.1) is 0 Å². The molecule has 2 aromatic rings. The van der Waals surface area contributed by atoms with E-state index in [2.05, 4.69) is 10.6 Å². The molecule has 0 atom stereocenters. The maximum atomic E-state index is 13.0. The molecular formula is C23H24FN3O2S. The van der Waals surface area contributed by atoms with Crippen molar-refractivity contribution in [2.45, 2.75) is 25.7 Å². The Hall–Kier alpha value is -3.06. The van der Waals surface area contributed by atoms with Crippen molar-refractivity contribution in [1.29, 1.82) is 0 Å². The van der Waals surface area contributed by atoms with Crippen molar-refractivity contribution in [2.75, 3.05) is 18.4 Å². The fraction of sp³-hybridized carbons (Fsp3) is 0.261. The SMILES string of the molecule is O=C(/C=C/c1ccc(F)cc1)NC(=S)Nc1ccccc1C(=O)N1CCCCCC1. The van der Waals surface area contributed by atoms with E-state index in [1.807, 2.05) is 11.0 Å². The molecule has 1 aliphatic heterocycles. The molecule has 30 heavy (non-hydrogen) atoms. The number of thiocarbonyl (C=S) groups is 1. The lowest BCUT2D eigenvalue weighted by Gasteiger charge is -2.22. The summed E-state index contributed by atoms with van der Waals surface area (Å²) in [6.45, 7) is 1.51. The lowest BCUT2D eigenvalue weighted by Crippen LogP contribution is -2.35. The second-order valence-electron chi connectivity index (χ2n) is 7.08. The molecule has 5 nitrogen and oxygen atoms in total. The molecule has 1 heterocycles. The first-order valence-electron chi connectivity index (χ1n) is 9.97. The topological polar surface area (TPSA) is 61.4 Å². The zero-order chi connectivity index (χ0) is 21.3. The Balaban J connectivity index is 1.61. The van der Waals surface area contributed by atoms with E-state index in [0.717, 1.165) is 38.8 Å². The number of anilines is 1. The number of hydrogen-bond donors (Lipinski definition) is 2. The highest BCUT2D eigenvalue weighted by atomic mass is 32.1. The van der Waals surface area contributed by atoms with Crippen LogP contribution in [-0.4, -0.2) is 34.9 Å². The third-order valence-corrected chi connectivity index (χ3v) is 5.04. The van der Waals surface area contributed by atoms with E-state index in [1.165, 1.54) is 18.2 Å². The zero-order valence-electron chi connectivity index (χ0n) is 16.6. The van der Waals surface area contributed by atoms with Crippen molar-refractivity contribution in [3.63, 3.8) is 0 Å². The summed E-state index contributed by atoms with van der Waals surface area (Å²) >= 11 is 5.23. The molecule has 0 aliphatic carbocycles. The van der Waals surface area contributed by atoms with Crippen LogP contribution in [0.25, 0.3) is 6.08 Å². The molecule has 2 amide bonds. The Morgan fingerprint density at radius 2 is 1.63 bits per heavy atom. The first-order valence-corrected chi connectivity index (χ1v) is 10.4. The summed E-state index contributed by atoms with van der Waals surface area (Å²) in [4.78, 5) is 27.0. The number of halogens is 1. The van der Waals surface area contributed by atoms with E-state index in [9.17, 15) is 14.0 Å². The highest BCUT2D eigenvalue weighted by molar-refractivity contribution is 7.80. The Bertz CT molecular complexity index is 936. The second kappa shape index (κ2) is 10.6. The molecule has 7 heteroatoms. The number of para-hydroxylation sites is 1. The molecular weight excluding hydrogens is 401 g/mol. The summed E-state index contributed by atoms with van der Waals surface area (Å²) in [7, 11) is 0. The number of nitrogens with zero attached hydrogens (tertiary/aromatic N) is 1. The molecule has 0 bridgehead atoms. The minimum atomic E-state index is -0.423. The summed E-state index contributed by atoms with van der Waals surface area (Å²) in [6, 6.07) is 12.9. The van der Waals surface area contributed by atoms with Crippen LogP contribution in [0.1, 0.15) is 41.6 Å². The number of nitrogens with one attached hydrogen (secondary N) is 2. The van der Waals surface area contributed by atoms with E-state index >= 15 is 0 Å². The van der Waals surface area contributed by atoms with Crippen molar-refractivity contribution in [2.24, 2.45) is 0 Å². The number of carbonyl (C=O) groups is 2. The number of benzene rings is 2. The molecule has 2 aromatic carbocycles. The van der Waals surface area contributed by atoms with Crippen molar-refractivity contribution in [3.05, 3.63) is 71.6 Å². The van der Waals surface area contributed by atoms with Gasteiger partial charge in [-0.1, -0.05) is 37.1 Å². The first-order chi connectivity index (χ1) is 14.5. The molecule has 3 rings (SSSR count). The Labute approximate surface area is 181 Å². The largest absolute Gasteiger partial charge is 0.339 e. The minimum absolute atomic E-state index is 0.0367. The fourth-order valence-electron chi connectivity index (χ4n) is 3.28. The summed E-state index contributed by atoms with van der Waals surface area (Å²) in [5, 5.41) is 5.61. The molecule has 1 saturated heterocycles. The quantitative estimate of drug-likeness (QED) is 0.564. The van der Waals surface area contributed by atoms with Crippen LogP contribution in [0, 0.1) is 5.82 Å². The molecule has 1 fully saturated rings. The van der Waals surface area contributed by atoms with E-state index in [4.69, 9.17) is 12.2 Å². The molecule has 0 spiro atoms. The predicted octanol–water partition coefficient (Wildman–Crippen LogP) is 4.37. The van der Waals surface area contributed by atoms with Gasteiger partial charge in [-0.05, 0) is 61.0 Å². The van der Waals surface area contributed by atoms with Crippen molar-refractivity contribution in [1.82, 2.24) is 10.2 Å². The van der Waals surface area contributed by atoms with E-state index in [0.29, 0.717) is 16.8 Å². The van der Waals surface area contributed by atoms with Gasteiger partial charge in [0.15, 0.2) is 5.11 Å². The molecule has 1 aliphatic rings. The zero-order valence-corrected chi connectivity index (χ0v) is 17.4. The van der Waals surface area contributed by atoms with Gasteiger partial charge in [-0.3, -0.25) is 14.9 Å². The molecule has 0 unspecified atom stereocenters. The van der Waals surface area contributed by atoms with Crippen molar-refractivity contribution >= 4 is 40.9 Å². The summed E-state index contributed by atoms with van der Waals surface area (Å²) in [5.74, 6) is -0.797. The number of hydrogen-bond acceptors (Lipinski definition) is 3. The van der Waals surface area contributed by atoms with Crippen LogP contribution in [0.2, 0.25) is 0 Å². The number of likely N-dealkylation sites (tertiary alicyclic amines) is 1. The van der Waals surface area contributed by atoms with E-state index in [1.54, 1.807) is 36.4 Å². The van der Waals surface area contributed by atoms with Crippen molar-refractivity contribution in [3.8, 4) is 0 Å². The molecule has 0 aromatic heterocycles. The molecule has 2 N–H and O–H groups in total. The minimum Gasteiger partial charge on any atom is -0.339 e. The highest BCUT2D eigenvalue weighted by Gasteiger charge is 2.20. The predicted molar refractivity (Wildman–Crippen MR) is 121 cm³/mol. The van der Waals surface area contributed by atoms with Crippen LogP contribution in [-0.2, 0) is 4.79 Å². The van der Waals surface area contributed by atoms with Gasteiger partial charge in [0, 0.05) is 19.2 Å². The average Bonchev–Trinajstić information content (AvgIpc) is 3.03. The van der Waals surface area contributed by atoms with E-state index < -0.39 is 5.91 Å². The summed E-state index contributed by atoms with van der Waals surface area (Å²) < 4.78 is 12.9. The summed E-state index contributed by atoms with van der Waals surface area (Å²) in [6.07, 6.45) is 7.19. The van der Waals surface area contributed by atoms with Gasteiger partial charge in [-0.2, -0.15) is 0 Å². The van der Waals surface area contributed by atoms with Crippen LogP contribution in [0.3, 0.4) is 0 Å². The smallest absolute Gasteiger partial charge is 0.255 e. The van der Waals surface area contributed by atoms with Gasteiger partial charge in [-0.25, -0.2) is 4.39 Å². The number of carbonyl (C=O) groups excluding carboxylic acids is 2. The van der Waals surface area contributed by atoms with Gasteiger partial charge in [0.05, 0.1) is 11.3 Å². The third kappa shape index (κ3) is 6.22. The number of amides is 2. The maximum absolute atomic E-state index is 13.0. The normalized spacial score (nSPS) is 14.2. The third-order valence-electron chi connectivity index (χ3n) is 4.83. The lowest BCUT2D eigenvalue weighted by atomic mass is 10.1. The monoisotopic (exact) mass is 425 g/mol. The van der Waals surface area contributed by atoms with Gasteiger partial charge < -0.3 is 10.2 Å². The Morgan fingerprint density at radius 3 is 2.33 bits per heavy atom. The molecule has 156 valence electrons. The molecule has 0 radical (unpaired) electrons. The standard InChI is InChI=1S/C23H24FN3O2S/c24-18-12-9-17(10-13-18)11-14-21(28)26-23(30)25-20-8-4-3-7-19(20)22(29)27-15-5-1-2-6-16-27/h3-4,7-14H,1-2,5-6,15-16H2,(H2,25,26,28,30)/b14-11+. The van der Waals surface area contributed by atoms with Gasteiger partial charge in [0.1, 0.15) is 5.82 Å². The van der Waals surface area contributed by atoms with Crippen LogP contribution < -0.4 is 10.6 Å². The summed E-state index contributed by atoms with van der Waals surface area (Å²) in [5.41, 5.74) is 1.77. The molecule has 0 saturated carbocycles. The van der Waals surface area contributed by atoms with Crippen LogP contribution in [0.5, 0.6) is 0 Å². The first kappa shape index (κ1) is 21.6. The van der Waals surface area contributed by atoms with Gasteiger partial charge >= 0.3 is 0 Å². The maximum Gasteiger partial charge on any atom is 0.255 e. The average molecular weight is 426 g/mol.